The molecule has 0 spiro atoms. The molecule has 0 aliphatic rings. The van der Waals surface area contributed by atoms with Crippen molar-refractivity contribution in [1.29, 1.82) is 0 Å². The Morgan fingerprint density at radius 3 is 2.78 bits per heavy atom. The van der Waals surface area contributed by atoms with Crippen LogP contribution < -0.4 is 10.6 Å². The largest absolute Gasteiger partial charge is 0.505 e. The first-order valence-corrected chi connectivity index (χ1v) is 8.10. The van der Waals surface area contributed by atoms with Gasteiger partial charge in [0.1, 0.15) is 0 Å². The summed E-state index contributed by atoms with van der Waals surface area (Å²) < 4.78 is 18.8. The number of guanidine groups is 1. The first kappa shape index (κ1) is 19.2. The molecular weight excluding hydrogens is 297 g/mol. The lowest BCUT2D eigenvalue weighted by atomic mass is 10.2. The number of halogens is 1. The summed E-state index contributed by atoms with van der Waals surface area (Å²) in [5.41, 5.74) is 0.706. The summed E-state index contributed by atoms with van der Waals surface area (Å²) >= 11 is 0. The van der Waals surface area contributed by atoms with Gasteiger partial charge in [0.25, 0.3) is 0 Å². The maximum absolute atomic E-state index is 13.3. The topological polar surface area (TPSA) is 65.9 Å². The Morgan fingerprint density at radius 2 is 2.13 bits per heavy atom. The van der Waals surface area contributed by atoms with Gasteiger partial charge in [0.2, 0.25) is 0 Å². The molecule has 1 aromatic carbocycles. The molecule has 0 aliphatic heterocycles. The predicted molar refractivity (Wildman–Crippen MR) is 91.2 cm³/mol. The van der Waals surface area contributed by atoms with E-state index in [9.17, 15) is 9.50 Å². The van der Waals surface area contributed by atoms with Crippen LogP contribution in [0.5, 0.6) is 5.75 Å². The molecule has 0 amide bonds. The molecule has 0 aromatic heterocycles. The number of phenolic OH excluding ortho intramolecular Hbond substituents is 1. The second-order valence-electron chi connectivity index (χ2n) is 5.73. The van der Waals surface area contributed by atoms with E-state index in [0.717, 1.165) is 26.1 Å². The third-order valence-corrected chi connectivity index (χ3v) is 2.99. The number of ether oxygens (including phenoxy) is 1. The van der Waals surface area contributed by atoms with Crippen molar-refractivity contribution in [2.24, 2.45) is 10.9 Å². The fraction of sp³-hybridized carbons (Fsp3) is 0.588. The molecular formula is C17H28FN3O2. The molecule has 130 valence electrons. The van der Waals surface area contributed by atoms with Crippen molar-refractivity contribution < 1.29 is 14.2 Å². The van der Waals surface area contributed by atoms with Crippen molar-refractivity contribution in [2.75, 3.05) is 26.3 Å². The quantitative estimate of drug-likeness (QED) is 0.371. The lowest BCUT2D eigenvalue weighted by molar-refractivity contribution is 0.108. The average Bonchev–Trinajstić information content (AvgIpc) is 2.51. The number of hydrogen-bond acceptors (Lipinski definition) is 3. The predicted octanol–water partition coefficient (Wildman–Crippen LogP) is 2.65. The van der Waals surface area contributed by atoms with E-state index >= 15 is 0 Å². The van der Waals surface area contributed by atoms with Crippen molar-refractivity contribution in [1.82, 2.24) is 10.6 Å². The van der Waals surface area contributed by atoms with Crippen LogP contribution in [0.25, 0.3) is 0 Å². The zero-order valence-corrected chi connectivity index (χ0v) is 14.2. The minimum absolute atomic E-state index is 0.343. The van der Waals surface area contributed by atoms with E-state index in [-0.39, 0.29) is 5.75 Å². The summed E-state index contributed by atoms with van der Waals surface area (Å²) in [5.74, 6) is 0.263. The highest BCUT2D eigenvalue weighted by Crippen LogP contribution is 2.16. The molecule has 0 unspecified atom stereocenters. The molecule has 1 rings (SSSR count). The first-order chi connectivity index (χ1) is 11.0. The maximum atomic E-state index is 13.3. The molecule has 0 radical (unpaired) electrons. The summed E-state index contributed by atoms with van der Waals surface area (Å²) in [5, 5.41) is 15.5. The zero-order chi connectivity index (χ0) is 17.1. The van der Waals surface area contributed by atoms with Gasteiger partial charge in [-0.2, -0.15) is 0 Å². The highest BCUT2D eigenvalue weighted by Gasteiger charge is 2.02. The van der Waals surface area contributed by atoms with E-state index in [0.29, 0.717) is 30.6 Å². The zero-order valence-electron chi connectivity index (χ0n) is 14.2. The van der Waals surface area contributed by atoms with Crippen LogP contribution in [0.2, 0.25) is 0 Å². The standard InChI is InChI=1S/C17H28FN3O2/c1-4-19-17(20-8-5-9-23-12-13(2)3)21-11-14-6-7-16(22)15(18)10-14/h6-7,10,13,22H,4-5,8-9,11-12H2,1-3H3,(H2,19,20,21). The monoisotopic (exact) mass is 325 g/mol. The van der Waals surface area contributed by atoms with Gasteiger partial charge in [0, 0.05) is 26.3 Å². The Hall–Kier alpha value is -1.82. The first-order valence-electron chi connectivity index (χ1n) is 8.10. The van der Waals surface area contributed by atoms with Gasteiger partial charge in [0.05, 0.1) is 6.54 Å². The number of aliphatic imine (C=N–C) groups is 1. The third-order valence-electron chi connectivity index (χ3n) is 2.99. The summed E-state index contributed by atoms with van der Waals surface area (Å²) in [6.45, 7) is 9.59. The van der Waals surface area contributed by atoms with Gasteiger partial charge in [0.15, 0.2) is 17.5 Å². The van der Waals surface area contributed by atoms with Crippen LogP contribution in [-0.4, -0.2) is 37.4 Å². The van der Waals surface area contributed by atoms with Gasteiger partial charge in [-0.1, -0.05) is 19.9 Å². The second kappa shape index (κ2) is 10.8. The summed E-state index contributed by atoms with van der Waals surface area (Å²) in [6, 6.07) is 4.29. The number of hydrogen-bond donors (Lipinski definition) is 3. The van der Waals surface area contributed by atoms with Gasteiger partial charge in [-0.25, -0.2) is 9.38 Å². The van der Waals surface area contributed by atoms with Crippen molar-refractivity contribution in [2.45, 2.75) is 33.7 Å². The Labute approximate surface area is 138 Å². The molecule has 0 saturated carbocycles. The molecule has 6 heteroatoms. The van der Waals surface area contributed by atoms with Crippen molar-refractivity contribution in [3.05, 3.63) is 29.6 Å². The van der Waals surface area contributed by atoms with Crippen molar-refractivity contribution in [3.63, 3.8) is 0 Å². The number of rotatable bonds is 9. The minimum atomic E-state index is -0.627. The van der Waals surface area contributed by atoms with E-state index in [1.54, 1.807) is 6.07 Å². The van der Waals surface area contributed by atoms with E-state index in [1.807, 2.05) is 6.92 Å². The Bertz CT molecular complexity index is 493. The van der Waals surface area contributed by atoms with Gasteiger partial charge < -0.3 is 20.5 Å². The highest BCUT2D eigenvalue weighted by molar-refractivity contribution is 5.79. The molecule has 0 bridgehead atoms. The Balaban J connectivity index is 2.39. The summed E-state index contributed by atoms with van der Waals surface area (Å²) in [4.78, 5) is 4.41. The molecule has 0 heterocycles. The van der Waals surface area contributed by atoms with E-state index in [4.69, 9.17) is 4.74 Å². The summed E-state index contributed by atoms with van der Waals surface area (Å²) in [6.07, 6.45) is 0.894. The van der Waals surface area contributed by atoms with Crippen LogP contribution in [0, 0.1) is 11.7 Å². The minimum Gasteiger partial charge on any atom is -0.505 e. The molecule has 0 saturated heterocycles. The normalized spacial score (nSPS) is 11.8. The van der Waals surface area contributed by atoms with Crippen molar-refractivity contribution >= 4 is 5.96 Å². The second-order valence-corrected chi connectivity index (χ2v) is 5.73. The number of nitrogens with one attached hydrogen (secondary N) is 2. The number of aromatic hydroxyl groups is 1. The third kappa shape index (κ3) is 8.40. The van der Waals surface area contributed by atoms with Crippen LogP contribution in [0.4, 0.5) is 4.39 Å². The van der Waals surface area contributed by atoms with Crippen LogP contribution in [0.15, 0.2) is 23.2 Å². The van der Waals surface area contributed by atoms with Gasteiger partial charge in [-0.15, -0.1) is 0 Å². The number of benzene rings is 1. The fourth-order valence-electron chi connectivity index (χ4n) is 1.86. The van der Waals surface area contributed by atoms with E-state index < -0.39 is 5.82 Å². The molecule has 1 aromatic rings. The molecule has 0 atom stereocenters. The van der Waals surface area contributed by atoms with Crippen molar-refractivity contribution in [3.8, 4) is 5.75 Å². The lowest BCUT2D eigenvalue weighted by Gasteiger charge is -2.12. The Morgan fingerprint density at radius 1 is 1.35 bits per heavy atom. The van der Waals surface area contributed by atoms with E-state index in [2.05, 4.69) is 29.5 Å². The van der Waals surface area contributed by atoms with Crippen LogP contribution in [0.3, 0.4) is 0 Å². The fourth-order valence-corrected chi connectivity index (χ4v) is 1.86. The highest BCUT2D eigenvalue weighted by atomic mass is 19.1. The smallest absolute Gasteiger partial charge is 0.191 e. The van der Waals surface area contributed by atoms with Crippen LogP contribution >= 0.6 is 0 Å². The maximum Gasteiger partial charge on any atom is 0.191 e. The molecule has 23 heavy (non-hydrogen) atoms. The molecule has 5 nitrogen and oxygen atoms in total. The summed E-state index contributed by atoms with van der Waals surface area (Å²) in [7, 11) is 0. The average molecular weight is 325 g/mol. The molecule has 0 fully saturated rings. The van der Waals surface area contributed by atoms with E-state index in [1.165, 1.54) is 12.1 Å². The van der Waals surface area contributed by atoms with Crippen LogP contribution in [0.1, 0.15) is 32.8 Å². The van der Waals surface area contributed by atoms with Crippen LogP contribution in [-0.2, 0) is 11.3 Å². The van der Waals surface area contributed by atoms with Gasteiger partial charge >= 0.3 is 0 Å². The molecule has 3 N–H and O–H groups in total. The Kier molecular flexibility index (Phi) is 9.05. The van der Waals surface area contributed by atoms with Gasteiger partial charge in [-0.3, -0.25) is 0 Å². The van der Waals surface area contributed by atoms with Gasteiger partial charge in [-0.05, 0) is 37.0 Å². The SMILES string of the molecule is CCNC(=NCc1ccc(O)c(F)c1)NCCCOCC(C)C. The molecule has 0 aliphatic carbocycles. The lowest BCUT2D eigenvalue weighted by Crippen LogP contribution is -2.38. The number of nitrogens with zero attached hydrogens (tertiary/aromatic N) is 1. The number of phenols is 1.